The van der Waals surface area contributed by atoms with Gasteiger partial charge in [0, 0.05) is 17.8 Å². The summed E-state index contributed by atoms with van der Waals surface area (Å²) in [5, 5.41) is 1.06. The van der Waals surface area contributed by atoms with Gasteiger partial charge in [-0.3, -0.25) is 0 Å². The molecule has 0 saturated carbocycles. The summed E-state index contributed by atoms with van der Waals surface area (Å²) in [6, 6.07) is 6.85. The van der Waals surface area contributed by atoms with E-state index in [-0.39, 0.29) is 11.9 Å². The molecule has 4 aromatic rings. The quantitative estimate of drug-likeness (QED) is 0.457. The van der Waals surface area contributed by atoms with Crippen molar-refractivity contribution in [3.8, 4) is 35.1 Å². The van der Waals surface area contributed by atoms with Gasteiger partial charge in [0.15, 0.2) is 0 Å². The maximum Gasteiger partial charge on any atom is 0.327 e. The summed E-state index contributed by atoms with van der Waals surface area (Å²) in [6.45, 7) is 1.98. The molecule has 0 unspecified atom stereocenters. The van der Waals surface area contributed by atoms with Crippen LogP contribution in [0.4, 0.5) is 0 Å². The maximum atomic E-state index is 6.53. The van der Waals surface area contributed by atoms with Crippen molar-refractivity contribution in [2.75, 3.05) is 14.2 Å². The van der Waals surface area contributed by atoms with Crippen molar-refractivity contribution < 1.29 is 18.9 Å². The van der Waals surface area contributed by atoms with Gasteiger partial charge in [-0.15, -0.1) is 0 Å². The first-order valence-corrected chi connectivity index (χ1v) is 9.43. The average Bonchev–Trinajstić information content (AvgIpc) is 3.10. The molecule has 0 atom stereocenters. The Morgan fingerprint density at radius 1 is 0.900 bits per heavy atom. The molecule has 4 rings (SSSR count). The van der Waals surface area contributed by atoms with Crippen LogP contribution in [0.1, 0.15) is 12.6 Å². The zero-order chi connectivity index (χ0) is 21.1. The predicted molar refractivity (Wildman–Crippen MR) is 110 cm³/mol. The highest BCUT2D eigenvalue weighted by molar-refractivity contribution is 6.36. The maximum absolute atomic E-state index is 6.53. The first kappa shape index (κ1) is 19.7. The Balaban J connectivity index is 1.73. The largest absolute Gasteiger partial charge is 0.481 e. The molecule has 0 aliphatic heterocycles. The summed E-state index contributed by atoms with van der Waals surface area (Å²) < 4.78 is 21.9. The smallest absolute Gasteiger partial charge is 0.327 e. The van der Waals surface area contributed by atoms with Crippen LogP contribution in [0.15, 0.2) is 36.7 Å². The van der Waals surface area contributed by atoms with E-state index in [9.17, 15) is 0 Å². The number of fused-ring (bicyclic) bond motifs is 1. The van der Waals surface area contributed by atoms with E-state index >= 15 is 0 Å². The zero-order valence-electron chi connectivity index (χ0n) is 16.5. The van der Waals surface area contributed by atoms with Gasteiger partial charge in [-0.25, -0.2) is 9.97 Å². The number of rotatable bonds is 7. The number of H-pyrrole nitrogens is 1. The number of halogens is 1. The lowest BCUT2D eigenvalue weighted by Crippen LogP contribution is -1.97. The minimum absolute atomic E-state index is 0.0755. The van der Waals surface area contributed by atoms with Crippen molar-refractivity contribution in [3.63, 3.8) is 0 Å². The zero-order valence-corrected chi connectivity index (χ0v) is 17.2. The molecule has 4 heterocycles. The highest BCUT2D eigenvalue weighted by Gasteiger charge is 2.19. The van der Waals surface area contributed by atoms with Crippen molar-refractivity contribution in [2.24, 2.45) is 0 Å². The summed E-state index contributed by atoms with van der Waals surface area (Å²) in [5.41, 5.74) is 1.32. The van der Waals surface area contributed by atoms with E-state index in [4.69, 9.17) is 30.5 Å². The van der Waals surface area contributed by atoms with E-state index in [1.165, 1.54) is 19.5 Å². The molecule has 0 bridgehead atoms. The fourth-order valence-electron chi connectivity index (χ4n) is 2.73. The van der Waals surface area contributed by atoms with Crippen LogP contribution in [0, 0.1) is 0 Å². The monoisotopic (exact) mass is 427 g/mol. The molecule has 0 spiro atoms. The number of aryl methyl sites for hydroxylation is 1. The number of nitrogens with zero attached hydrogens (tertiary/aromatic N) is 4. The van der Waals surface area contributed by atoms with E-state index in [1.54, 1.807) is 31.4 Å². The van der Waals surface area contributed by atoms with Gasteiger partial charge >= 0.3 is 6.01 Å². The molecule has 0 amide bonds. The van der Waals surface area contributed by atoms with Crippen LogP contribution in [-0.2, 0) is 6.42 Å². The van der Waals surface area contributed by atoms with Gasteiger partial charge in [0.1, 0.15) is 22.5 Å². The fourth-order valence-corrected chi connectivity index (χ4v) is 3.08. The van der Waals surface area contributed by atoms with Crippen molar-refractivity contribution in [2.45, 2.75) is 13.3 Å². The molecule has 0 aliphatic carbocycles. The lowest BCUT2D eigenvalue weighted by Gasteiger charge is -2.09. The first-order valence-electron chi connectivity index (χ1n) is 9.05. The van der Waals surface area contributed by atoms with Crippen molar-refractivity contribution >= 4 is 22.6 Å². The number of aromatic amines is 1. The molecule has 1 N–H and O–H groups in total. The van der Waals surface area contributed by atoms with Crippen LogP contribution >= 0.6 is 11.6 Å². The number of hydrogen-bond donors (Lipinski definition) is 1. The minimum Gasteiger partial charge on any atom is -0.481 e. The Hall–Kier alpha value is -3.59. The third-order valence-electron chi connectivity index (χ3n) is 4.22. The Morgan fingerprint density at radius 2 is 1.53 bits per heavy atom. The van der Waals surface area contributed by atoms with Crippen molar-refractivity contribution in [1.29, 1.82) is 0 Å². The summed E-state index contributed by atoms with van der Waals surface area (Å²) >= 11 is 6.53. The van der Waals surface area contributed by atoms with E-state index < -0.39 is 0 Å². The Labute approximate surface area is 177 Å². The Morgan fingerprint density at radius 3 is 2.07 bits per heavy atom. The molecule has 0 radical (unpaired) electrons. The Bertz CT molecular complexity index is 1160. The van der Waals surface area contributed by atoms with E-state index in [0.717, 1.165) is 5.69 Å². The topological polar surface area (TPSA) is 104 Å². The predicted octanol–water partition coefficient (Wildman–Crippen LogP) is 4.57. The van der Waals surface area contributed by atoms with Crippen molar-refractivity contribution in [3.05, 3.63) is 47.4 Å². The second-order valence-electron chi connectivity index (χ2n) is 6.08. The van der Waals surface area contributed by atoms with E-state index in [1.807, 2.05) is 6.92 Å². The summed E-state index contributed by atoms with van der Waals surface area (Å²) in [5.74, 6) is 2.09. The van der Waals surface area contributed by atoms with E-state index in [2.05, 4.69) is 24.9 Å². The van der Waals surface area contributed by atoms with Gasteiger partial charge in [0.25, 0.3) is 0 Å². The van der Waals surface area contributed by atoms with Crippen LogP contribution in [0.5, 0.6) is 35.1 Å². The highest BCUT2D eigenvalue weighted by Crippen LogP contribution is 2.37. The molecular weight excluding hydrogens is 410 g/mol. The first-order chi connectivity index (χ1) is 14.6. The van der Waals surface area contributed by atoms with E-state index in [0.29, 0.717) is 45.7 Å². The lowest BCUT2D eigenvalue weighted by atomic mass is 10.3. The number of aromatic nitrogens is 5. The van der Waals surface area contributed by atoms with Gasteiger partial charge < -0.3 is 23.9 Å². The van der Waals surface area contributed by atoms with Gasteiger partial charge in [-0.1, -0.05) is 18.5 Å². The van der Waals surface area contributed by atoms with Crippen LogP contribution in [0.3, 0.4) is 0 Å². The number of pyridine rings is 2. The number of nitrogens with one attached hydrogen (secondary N) is 1. The molecule has 30 heavy (non-hydrogen) atoms. The third kappa shape index (κ3) is 3.92. The minimum atomic E-state index is 0.0755. The van der Waals surface area contributed by atoms with Crippen LogP contribution < -0.4 is 18.9 Å². The van der Waals surface area contributed by atoms with Crippen molar-refractivity contribution in [1.82, 2.24) is 24.9 Å². The fraction of sp³-hybridized carbons (Fsp3) is 0.200. The highest BCUT2D eigenvalue weighted by atomic mass is 35.5. The van der Waals surface area contributed by atoms with Crippen LogP contribution in [0.25, 0.3) is 11.0 Å². The molecule has 0 aliphatic rings. The third-order valence-corrected chi connectivity index (χ3v) is 4.64. The molecule has 0 saturated heterocycles. The summed E-state index contributed by atoms with van der Waals surface area (Å²) in [4.78, 5) is 20.3. The van der Waals surface area contributed by atoms with Gasteiger partial charge in [0.05, 0.1) is 31.6 Å². The molecule has 10 heteroatoms. The van der Waals surface area contributed by atoms with Gasteiger partial charge in [-0.2, -0.15) is 9.97 Å². The van der Waals surface area contributed by atoms with Gasteiger partial charge in [-0.05, 0) is 18.6 Å². The lowest BCUT2D eigenvalue weighted by molar-refractivity contribution is 0.388. The number of ether oxygens (including phenoxy) is 4. The second kappa shape index (κ2) is 8.42. The normalized spacial score (nSPS) is 10.8. The number of methoxy groups -OCH3 is 2. The van der Waals surface area contributed by atoms with Crippen LogP contribution in [-0.4, -0.2) is 39.1 Å². The molecule has 154 valence electrons. The SMILES string of the molecule is CCc1[nH]c2nc(Oc3ccc(OC)nc3)nc(Oc3ccc(OC)nc3)c2c1Cl. The summed E-state index contributed by atoms with van der Waals surface area (Å²) in [7, 11) is 3.08. The molecule has 0 aromatic carbocycles. The second-order valence-corrected chi connectivity index (χ2v) is 6.46. The van der Waals surface area contributed by atoms with Crippen LogP contribution in [0.2, 0.25) is 5.02 Å². The summed E-state index contributed by atoms with van der Waals surface area (Å²) in [6.07, 6.45) is 3.73. The van der Waals surface area contributed by atoms with Gasteiger partial charge in [0.2, 0.25) is 17.6 Å². The standard InChI is InChI=1S/C20H18ClN5O4/c1-4-13-17(21)16-18(24-13)25-20(30-12-6-8-15(28-3)23-10-12)26-19(16)29-11-5-7-14(27-2)22-9-11/h5-10H,4H2,1-3H3,(H,24,25,26). The number of hydrogen-bond acceptors (Lipinski definition) is 8. The molecule has 4 aromatic heterocycles. The average molecular weight is 428 g/mol. The Kier molecular flexibility index (Phi) is 5.53. The molecule has 9 nitrogen and oxygen atoms in total. The molecular formula is C20H18ClN5O4. The molecule has 0 fully saturated rings.